The van der Waals surface area contributed by atoms with Gasteiger partial charge < -0.3 is 5.73 Å². The van der Waals surface area contributed by atoms with Crippen LogP contribution in [0.5, 0.6) is 0 Å². The molecule has 106 valence electrons. The lowest BCUT2D eigenvalue weighted by molar-refractivity contribution is 0.622. The lowest BCUT2D eigenvalue weighted by Gasteiger charge is -2.15. The van der Waals surface area contributed by atoms with Gasteiger partial charge in [-0.15, -0.1) is 0 Å². The van der Waals surface area contributed by atoms with Crippen molar-refractivity contribution < 1.29 is 0 Å². The van der Waals surface area contributed by atoms with Gasteiger partial charge in [0.15, 0.2) is 5.82 Å². The summed E-state index contributed by atoms with van der Waals surface area (Å²) in [7, 11) is 0. The minimum absolute atomic E-state index is 0.117. The van der Waals surface area contributed by atoms with E-state index in [-0.39, 0.29) is 11.7 Å². The van der Waals surface area contributed by atoms with Crippen LogP contribution >= 0.6 is 0 Å². The highest BCUT2D eigenvalue weighted by Gasteiger charge is 2.17. The first-order valence-electron chi connectivity index (χ1n) is 6.74. The summed E-state index contributed by atoms with van der Waals surface area (Å²) in [5.74, 6) is 0.587. The van der Waals surface area contributed by atoms with Crippen molar-refractivity contribution in [1.82, 2.24) is 14.8 Å². The maximum Gasteiger partial charge on any atom is 0.344 e. The number of aromatic nitrogens is 3. The minimum Gasteiger partial charge on any atom is -0.399 e. The topological polar surface area (TPSA) is 76.7 Å². The molecule has 5 nitrogen and oxygen atoms in total. The fourth-order valence-corrected chi connectivity index (χ4v) is 2.43. The zero-order valence-corrected chi connectivity index (χ0v) is 11.7. The van der Waals surface area contributed by atoms with Crippen molar-refractivity contribution in [3.8, 4) is 11.4 Å². The number of anilines is 1. The van der Waals surface area contributed by atoms with Crippen molar-refractivity contribution in [2.24, 2.45) is 0 Å². The van der Waals surface area contributed by atoms with Gasteiger partial charge in [0.25, 0.3) is 0 Å². The van der Waals surface area contributed by atoms with Gasteiger partial charge in [0, 0.05) is 11.3 Å². The van der Waals surface area contributed by atoms with Crippen LogP contribution in [0.1, 0.15) is 18.5 Å². The van der Waals surface area contributed by atoms with Crippen molar-refractivity contribution in [2.75, 3.05) is 5.73 Å². The molecule has 0 aliphatic carbocycles. The van der Waals surface area contributed by atoms with E-state index in [1.165, 1.54) is 0 Å². The Kier molecular flexibility index (Phi) is 3.31. The molecular weight excluding hydrogens is 264 g/mol. The van der Waals surface area contributed by atoms with Crippen molar-refractivity contribution in [3.63, 3.8) is 0 Å². The van der Waals surface area contributed by atoms with Gasteiger partial charge in [0.05, 0.1) is 6.04 Å². The van der Waals surface area contributed by atoms with Gasteiger partial charge in [-0.1, -0.05) is 42.5 Å². The number of nitrogens with two attached hydrogens (primary N) is 1. The predicted octanol–water partition coefficient (Wildman–Crippen LogP) is 2.43. The van der Waals surface area contributed by atoms with E-state index in [2.05, 4.69) is 10.2 Å². The number of rotatable bonds is 3. The van der Waals surface area contributed by atoms with Crippen LogP contribution in [0.2, 0.25) is 0 Å². The number of H-pyrrole nitrogens is 1. The van der Waals surface area contributed by atoms with Crippen LogP contribution in [0.25, 0.3) is 11.4 Å². The molecular formula is C16H16N4O. The van der Waals surface area contributed by atoms with Crippen LogP contribution in [-0.2, 0) is 0 Å². The molecule has 0 aliphatic rings. The molecule has 21 heavy (non-hydrogen) atoms. The number of aromatic amines is 1. The highest BCUT2D eigenvalue weighted by molar-refractivity contribution is 5.61. The van der Waals surface area contributed by atoms with Crippen LogP contribution in [0, 0.1) is 0 Å². The monoisotopic (exact) mass is 280 g/mol. The molecule has 0 spiro atoms. The van der Waals surface area contributed by atoms with Gasteiger partial charge in [0.2, 0.25) is 0 Å². The van der Waals surface area contributed by atoms with Gasteiger partial charge in [-0.05, 0) is 24.6 Å². The Morgan fingerprint density at radius 3 is 2.62 bits per heavy atom. The van der Waals surface area contributed by atoms with E-state index in [0.29, 0.717) is 11.5 Å². The molecule has 1 aromatic heterocycles. The van der Waals surface area contributed by atoms with Gasteiger partial charge in [-0.3, -0.25) is 4.57 Å². The van der Waals surface area contributed by atoms with Crippen LogP contribution in [0.15, 0.2) is 59.4 Å². The van der Waals surface area contributed by atoms with E-state index in [0.717, 1.165) is 11.1 Å². The summed E-state index contributed by atoms with van der Waals surface area (Å²) < 4.78 is 1.64. The maximum absolute atomic E-state index is 12.1. The Morgan fingerprint density at radius 2 is 1.90 bits per heavy atom. The van der Waals surface area contributed by atoms with Crippen molar-refractivity contribution in [1.29, 1.82) is 0 Å². The first-order valence-corrected chi connectivity index (χ1v) is 6.74. The molecule has 5 heteroatoms. The average Bonchev–Trinajstić information content (AvgIpc) is 2.89. The standard InChI is InChI=1S/C16H16N4O/c1-11(12-6-3-2-4-7-12)20-15(18-19-16(20)21)13-8-5-9-14(17)10-13/h2-11H,17H2,1H3,(H,19,21). The molecule has 0 bridgehead atoms. The second kappa shape index (κ2) is 5.28. The quantitative estimate of drug-likeness (QED) is 0.723. The number of hydrogen-bond acceptors (Lipinski definition) is 3. The number of nitrogen functional groups attached to an aromatic ring is 1. The summed E-state index contributed by atoms with van der Waals surface area (Å²) in [5.41, 5.74) is 8.09. The van der Waals surface area contributed by atoms with Gasteiger partial charge >= 0.3 is 5.69 Å². The third-order valence-electron chi connectivity index (χ3n) is 3.52. The first kappa shape index (κ1) is 13.2. The number of benzene rings is 2. The number of nitrogens with one attached hydrogen (secondary N) is 1. The van der Waals surface area contributed by atoms with E-state index in [1.54, 1.807) is 10.6 Å². The minimum atomic E-state index is -0.233. The third-order valence-corrected chi connectivity index (χ3v) is 3.52. The second-order valence-corrected chi connectivity index (χ2v) is 4.93. The van der Waals surface area contributed by atoms with Gasteiger partial charge in [-0.2, -0.15) is 5.10 Å². The Labute approximate surface area is 122 Å². The van der Waals surface area contributed by atoms with E-state index in [9.17, 15) is 4.79 Å². The van der Waals surface area contributed by atoms with Gasteiger partial charge in [0.1, 0.15) is 0 Å². The smallest absolute Gasteiger partial charge is 0.344 e. The van der Waals surface area contributed by atoms with E-state index < -0.39 is 0 Å². The SMILES string of the molecule is CC(c1ccccc1)n1c(-c2cccc(N)c2)n[nH]c1=O. The van der Waals surface area contributed by atoms with Crippen LogP contribution in [0.4, 0.5) is 5.69 Å². The Balaban J connectivity index is 2.12. The lowest BCUT2D eigenvalue weighted by Crippen LogP contribution is -2.22. The normalized spacial score (nSPS) is 12.2. The zero-order valence-electron chi connectivity index (χ0n) is 11.7. The summed E-state index contributed by atoms with van der Waals surface area (Å²) in [6, 6.07) is 17.1. The zero-order chi connectivity index (χ0) is 14.8. The molecule has 1 atom stereocenters. The lowest BCUT2D eigenvalue weighted by atomic mass is 10.1. The molecule has 0 fully saturated rings. The highest BCUT2D eigenvalue weighted by Crippen LogP contribution is 2.24. The summed E-state index contributed by atoms with van der Waals surface area (Å²) in [6.07, 6.45) is 0. The Hall–Kier alpha value is -2.82. The molecule has 3 aromatic rings. The molecule has 3 N–H and O–H groups in total. The Bertz CT molecular complexity index is 804. The highest BCUT2D eigenvalue weighted by atomic mass is 16.1. The van der Waals surface area contributed by atoms with Crippen LogP contribution < -0.4 is 11.4 Å². The number of hydrogen-bond donors (Lipinski definition) is 2. The largest absolute Gasteiger partial charge is 0.399 e. The molecule has 0 saturated heterocycles. The van der Waals surface area contributed by atoms with E-state index in [4.69, 9.17) is 5.73 Å². The molecule has 1 heterocycles. The molecule has 0 radical (unpaired) electrons. The third kappa shape index (κ3) is 2.45. The first-order chi connectivity index (χ1) is 10.2. The van der Waals surface area contributed by atoms with Crippen LogP contribution in [-0.4, -0.2) is 14.8 Å². The van der Waals surface area contributed by atoms with Crippen LogP contribution in [0.3, 0.4) is 0 Å². The molecule has 0 saturated carbocycles. The molecule has 2 aromatic carbocycles. The Morgan fingerprint density at radius 1 is 1.14 bits per heavy atom. The van der Waals surface area contributed by atoms with E-state index >= 15 is 0 Å². The maximum atomic E-state index is 12.1. The molecule has 3 rings (SSSR count). The van der Waals surface area contributed by atoms with Crippen molar-refractivity contribution >= 4 is 5.69 Å². The molecule has 0 aliphatic heterocycles. The average molecular weight is 280 g/mol. The second-order valence-electron chi connectivity index (χ2n) is 4.93. The van der Waals surface area contributed by atoms with Gasteiger partial charge in [-0.25, -0.2) is 9.89 Å². The summed E-state index contributed by atoms with van der Waals surface area (Å²) in [6.45, 7) is 1.97. The molecule has 0 amide bonds. The number of nitrogens with zero attached hydrogens (tertiary/aromatic N) is 2. The fourth-order valence-electron chi connectivity index (χ4n) is 2.43. The van der Waals surface area contributed by atoms with E-state index in [1.807, 2.05) is 55.5 Å². The summed E-state index contributed by atoms with van der Waals surface area (Å²) in [4.78, 5) is 12.1. The summed E-state index contributed by atoms with van der Waals surface area (Å²) in [5, 5.41) is 6.67. The van der Waals surface area contributed by atoms with Crippen molar-refractivity contribution in [2.45, 2.75) is 13.0 Å². The molecule has 1 unspecified atom stereocenters. The fraction of sp³-hybridized carbons (Fsp3) is 0.125. The summed E-state index contributed by atoms with van der Waals surface area (Å²) >= 11 is 0. The predicted molar refractivity (Wildman–Crippen MR) is 83.0 cm³/mol. The van der Waals surface area contributed by atoms with Crippen molar-refractivity contribution in [3.05, 3.63) is 70.6 Å².